The molecule has 3 amide bonds. The number of halogens is 1. The number of cyclic esters (lactones) is 1. The molecule has 2 aliphatic heterocycles. The molecule has 2 aromatic rings. The summed E-state index contributed by atoms with van der Waals surface area (Å²) in [6, 6.07) is 6.71. The van der Waals surface area contributed by atoms with E-state index in [1.54, 1.807) is 4.90 Å². The summed E-state index contributed by atoms with van der Waals surface area (Å²) in [5.41, 5.74) is 2.20. The number of carbonyl (C=O) groups is 3. The van der Waals surface area contributed by atoms with Crippen molar-refractivity contribution in [3.8, 4) is 11.3 Å². The third kappa shape index (κ3) is 5.52. The van der Waals surface area contributed by atoms with Gasteiger partial charge < -0.3 is 30.0 Å². The van der Waals surface area contributed by atoms with E-state index in [1.165, 1.54) is 7.11 Å². The number of benzene rings is 1. The molecule has 1 saturated heterocycles. The number of nitrogens with zero attached hydrogens (tertiary/aromatic N) is 2. The van der Waals surface area contributed by atoms with Crippen molar-refractivity contribution in [1.82, 2.24) is 25.5 Å². The summed E-state index contributed by atoms with van der Waals surface area (Å²) in [7, 11) is 1.27. The van der Waals surface area contributed by atoms with Crippen LogP contribution in [0.3, 0.4) is 0 Å². The van der Waals surface area contributed by atoms with Crippen molar-refractivity contribution in [3.63, 3.8) is 0 Å². The molecule has 1 aromatic carbocycles. The maximum Gasteiger partial charge on any atom is 0.407 e. The Kier molecular flexibility index (Phi) is 7.71. The molecule has 2 atom stereocenters. The Morgan fingerprint density at radius 1 is 1.21 bits per heavy atom. The smallest absolute Gasteiger partial charge is 0.407 e. The normalized spacial score (nSPS) is 21.5. The molecule has 4 rings (SSSR count). The third-order valence-electron chi connectivity index (χ3n) is 6.08. The number of amides is 3. The third-order valence-corrected chi connectivity index (χ3v) is 6.61. The van der Waals surface area contributed by atoms with Gasteiger partial charge >= 0.3 is 12.2 Å². The quantitative estimate of drug-likeness (QED) is 0.541. The van der Waals surface area contributed by atoms with E-state index in [0.29, 0.717) is 49.6 Å². The molecule has 11 heteroatoms. The molecule has 2 aliphatic rings. The van der Waals surface area contributed by atoms with Gasteiger partial charge in [0.15, 0.2) is 0 Å². The maximum atomic E-state index is 13.5. The zero-order valence-electron chi connectivity index (χ0n) is 18.9. The molecule has 1 fully saturated rings. The van der Waals surface area contributed by atoms with Gasteiger partial charge in [-0.3, -0.25) is 4.79 Å². The number of fused-ring (bicyclic) bond motifs is 4. The highest BCUT2D eigenvalue weighted by atomic mass is 79.9. The number of hydrogen-bond acceptors (Lipinski definition) is 6. The summed E-state index contributed by atoms with van der Waals surface area (Å²) in [4.78, 5) is 47.5. The summed E-state index contributed by atoms with van der Waals surface area (Å²) >= 11 is 3.45. The topological polar surface area (TPSA) is 126 Å². The fourth-order valence-corrected chi connectivity index (χ4v) is 4.63. The molecule has 3 heterocycles. The maximum absolute atomic E-state index is 13.5. The Hall–Kier alpha value is -3.08. The van der Waals surface area contributed by atoms with Gasteiger partial charge in [0.25, 0.3) is 0 Å². The van der Waals surface area contributed by atoms with Crippen LogP contribution in [0.2, 0.25) is 0 Å². The Balaban J connectivity index is 1.69. The first-order chi connectivity index (χ1) is 16.5. The van der Waals surface area contributed by atoms with Gasteiger partial charge in [-0.25, -0.2) is 14.6 Å². The number of aromatic amines is 1. The van der Waals surface area contributed by atoms with Gasteiger partial charge in [-0.1, -0.05) is 28.1 Å². The zero-order valence-corrected chi connectivity index (χ0v) is 20.5. The molecule has 1 aromatic heterocycles. The summed E-state index contributed by atoms with van der Waals surface area (Å²) in [6.07, 6.45) is 2.11. The summed E-state index contributed by atoms with van der Waals surface area (Å²) in [6.45, 7) is 0.999. The zero-order chi connectivity index (χ0) is 24.1. The van der Waals surface area contributed by atoms with E-state index in [-0.39, 0.29) is 18.6 Å². The van der Waals surface area contributed by atoms with Gasteiger partial charge in [-0.2, -0.15) is 0 Å². The standard InChI is InChI=1S/C23H28BrN5O5/c1-33-23(32)27-16-5-2-3-11-25-22(31)34-13-17-19(14-7-9-15(24)10-8-14)28-20(26-17)18-6-4-12-29(18)21(16)30/h7-10,16,18H,2-6,11-13H2,1H3,(H,25,31)(H,26,28)(H,27,32). The number of hydrogen-bond donors (Lipinski definition) is 3. The second-order valence-electron chi connectivity index (χ2n) is 8.33. The minimum Gasteiger partial charge on any atom is -0.453 e. The molecular formula is C23H28BrN5O5. The molecule has 34 heavy (non-hydrogen) atoms. The number of nitrogens with one attached hydrogen (secondary N) is 3. The van der Waals surface area contributed by atoms with Gasteiger partial charge in [-0.05, 0) is 44.2 Å². The molecule has 0 aliphatic carbocycles. The Morgan fingerprint density at radius 2 is 2.00 bits per heavy atom. The Bertz CT molecular complexity index is 1040. The first kappa shape index (κ1) is 24.1. The lowest BCUT2D eigenvalue weighted by Gasteiger charge is -2.28. The van der Waals surface area contributed by atoms with Gasteiger partial charge in [-0.15, -0.1) is 0 Å². The van der Waals surface area contributed by atoms with Crippen molar-refractivity contribution >= 4 is 34.0 Å². The molecule has 0 saturated carbocycles. The van der Waals surface area contributed by atoms with Crippen LogP contribution in [0.1, 0.15) is 49.7 Å². The van der Waals surface area contributed by atoms with Crippen LogP contribution in [-0.4, -0.2) is 59.2 Å². The predicted octanol–water partition coefficient (Wildman–Crippen LogP) is 3.64. The number of aromatic nitrogens is 2. The van der Waals surface area contributed by atoms with Crippen molar-refractivity contribution in [2.45, 2.75) is 50.8 Å². The van der Waals surface area contributed by atoms with Crippen LogP contribution < -0.4 is 10.6 Å². The first-order valence-corrected chi connectivity index (χ1v) is 12.2. The molecule has 0 radical (unpaired) electrons. The van der Waals surface area contributed by atoms with E-state index >= 15 is 0 Å². The summed E-state index contributed by atoms with van der Waals surface area (Å²) < 4.78 is 11.1. The second kappa shape index (κ2) is 10.9. The number of carbonyl (C=O) groups excluding carboxylic acids is 3. The van der Waals surface area contributed by atoms with Gasteiger partial charge in [0, 0.05) is 23.1 Å². The fourth-order valence-electron chi connectivity index (χ4n) is 4.36. The summed E-state index contributed by atoms with van der Waals surface area (Å²) in [5, 5.41) is 5.40. The monoisotopic (exact) mass is 533 g/mol. The summed E-state index contributed by atoms with van der Waals surface area (Å²) in [5.74, 6) is 0.473. The van der Waals surface area contributed by atoms with Crippen LogP contribution in [0.5, 0.6) is 0 Å². The van der Waals surface area contributed by atoms with Crippen molar-refractivity contribution in [3.05, 3.63) is 40.3 Å². The van der Waals surface area contributed by atoms with Crippen LogP contribution >= 0.6 is 15.9 Å². The van der Waals surface area contributed by atoms with Gasteiger partial charge in [0.05, 0.1) is 24.5 Å². The number of alkyl carbamates (subject to hydrolysis) is 2. The predicted molar refractivity (Wildman–Crippen MR) is 127 cm³/mol. The Labute approximate surface area is 205 Å². The highest BCUT2D eigenvalue weighted by molar-refractivity contribution is 9.10. The molecular weight excluding hydrogens is 506 g/mol. The molecule has 2 unspecified atom stereocenters. The average Bonchev–Trinajstić information content (AvgIpc) is 3.48. The van der Waals surface area contributed by atoms with Crippen LogP contribution in [0, 0.1) is 0 Å². The molecule has 2 bridgehead atoms. The van der Waals surface area contributed by atoms with E-state index < -0.39 is 18.2 Å². The van der Waals surface area contributed by atoms with Gasteiger partial charge in [0.2, 0.25) is 5.91 Å². The van der Waals surface area contributed by atoms with Gasteiger partial charge in [0.1, 0.15) is 18.5 Å². The number of methoxy groups -OCH3 is 1. The minimum absolute atomic E-state index is 0.0252. The lowest BCUT2D eigenvalue weighted by atomic mass is 10.1. The molecule has 10 nitrogen and oxygen atoms in total. The van der Waals surface area contributed by atoms with E-state index in [1.807, 2.05) is 24.3 Å². The highest BCUT2D eigenvalue weighted by Gasteiger charge is 2.36. The van der Waals surface area contributed by atoms with Crippen LogP contribution in [0.25, 0.3) is 11.3 Å². The van der Waals surface area contributed by atoms with E-state index in [0.717, 1.165) is 22.9 Å². The first-order valence-electron chi connectivity index (χ1n) is 11.4. The fraction of sp³-hybridized carbons (Fsp3) is 0.478. The van der Waals surface area contributed by atoms with E-state index in [4.69, 9.17) is 14.5 Å². The lowest BCUT2D eigenvalue weighted by molar-refractivity contribution is -0.134. The number of H-pyrrole nitrogens is 1. The van der Waals surface area contributed by atoms with Crippen molar-refractivity contribution in [1.29, 1.82) is 0 Å². The van der Waals surface area contributed by atoms with Crippen molar-refractivity contribution in [2.24, 2.45) is 0 Å². The molecule has 0 spiro atoms. The average molecular weight is 534 g/mol. The molecule has 3 N–H and O–H groups in total. The second-order valence-corrected chi connectivity index (χ2v) is 9.25. The van der Waals surface area contributed by atoms with Crippen LogP contribution in [0.4, 0.5) is 9.59 Å². The number of rotatable bonds is 2. The number of imidazole rings is 1. The number of ether oxygens (including phenoxy) is 2. The minimum atomic E-state index is -0.717. The highest BCUT2D eigenvalue weighted by Crippen LogP contribution is 2.34. The van der Waals surface area contributed by atoms with Crippen LogP contribution in [-0.2, 0) is 20.9 Å². The van der Waals surface area contributed by atoms with Crippen molar-refractivity contribution in [2.75, 3.05) is 20.2 Å². The van der Waals surface area contributed by atoms with Crippen molar-refractivity contribution < 1.29 is 23.9 Å². The van der Waals surface area contributed by atoms with E-state index in [9.17, 15) is 14.4 Å². The lowest BCUT2D eigenvalue weighted by Crippen LogP contribution is -2.48. The molecule has 182 valence electrons. The van der Waals surface area contributed by atoms with E-state index in [2.05, 4.69) is 31.5 Å². The largest absolute Gasteiger partial charge is 0.453 e. The Morgan fingerprint density at radius 3 is 2.76 bits per heavy atom. The van der Waals surface area contributed by atoms with Crippen LogP contribution in [0.15, 0.2) is 28.7 Å². The SMILES string of the molecule is COC(=O)NC1CCCCNC(=O)OCc2[nH]c(nc2-c2ccc(Br)cc2)C2CCCN2C1=O.